The number of aryl methyl sites for hydroxylation is 1. The molecule has 1 atom stereocenters. The SMILES string of the molecule is Cc1cccc(Nc2cc(CC3CCN(C(C)CO)CC3)ncn2)n1. The Morgan fingerprint density at radius 1 is 1.24 bits per heavy atom. The minimum Gasteiger partial charge on any atom is -0.395 e. The van der Waals surface area contributed by atoms with Crippen LogP contribution in [-0.4, -0.2) is 50.7 Å². The van der Waals surface area contributed by atoms with Gasteiger partial charge in [0, 0.05) is 23.5 Å². The fourth-order valence-electron chi connectivity index (χ4n) is 3.33. The molecule has 6 nitrogen and oxygen atoms in total. The third-order valence-electron chi connectivity index (χ3n) is 4.90. The van der Waals surface area contributed by atoms with Gasteiger partial charge in [-0.15, -0.1) is 0 Å². The second-order valence-electron chi connectivity index (χ2n) is 6.90. The molecule has 2 aromatic heterocycles. The number of anilines is 2. The second kappa shape index (κ2) is 8.36. The van der Waals surface area contributed by atoms with Gasteiger partial charge in [0.1, 0.15) is 18.0 Å². The van der Waals surface area contributed by atoms with Gasteiger partial charge in [-0.1, -0.05) is 6.07 Å². The first-order valence-corrected chi connectivity index (χ1v) is 9.00. The van der Waals surface area contributed by atoms with E-state index < -0.39 is 0 Å². The summed E-state index contributed by atoms with van der Waals surface area (Å²) in [6.07, 6.45) is 4.89. The molecular weight excluding hydrogens is 314 g/mol. The van der Waals surface area contributed by atoms with E-state index in [1.54, 1.807) is 6.33 Å². The third kappa shape index (κ3) is 4.96. The molecule has 0 saturated carbocycles. The van der Waals surface area contributed by atoms with E-state index >= 15 is 0 Å². The molecule has 1 aliphatic heterocycles. The first kappa shape index (κ1) is 17.8. The average molecular weight is 341 g/mol. The molecule has 0 aliphatic carbocycles. The Morgan fingerprint density at radius 3 is 2.76 bits per heavy atom. The van der Waals surface area contributed by atoms with Crippen molar-refractivity contribution in [2.45, 2.75) is 39.2 Å². The Morgan fingerprint density at radius 2 is 2.04 bits per heavy atom. The van der Waals surface area contributed by atoms with Gasteiger partial charge in [0.2, 0.25) is 0 Å². The minimum absolute atomic E-state index is 0.235. The average Bonchev–Trinajstić information content (AvgIpc) is 2.62. The van der Waals surface area contributed by atoms with Gasteiger partial charge in [-0.2, -0.15) is 0 Å². The van der Waals surface area contributed by atoms with Crippen LogP contribution >= 0.6 is 0 Å². The van der Waals surface area contributed by atoms with Crippen molar-refractivity contribution in [3.05, 3.63) is 42.0 Å². The number of rotatable bonds is 6. The van der Waals surface area contributed by atoms with E-state index in [9.17, 15) is 5.11 Å². The van der Waals surface area contributed by atoms with Gasteiger partial charge in [0.05, 0.1) is 6.61 Å². The van der Waals surface area contributed by atoms with Gasteiger partial charge < -0.3 is 10.4 Å². The highest BCUT2D eigenvalue weighted by molar-refractivity contribution is 5.51. The molecule has 2 N–H and O–H groups in total. The van der Waals surface area contributed by atoms with E-state index in [4.69, 9.17) is 0 Å². The molecule has 134 valence electrons. The van der Waals surface area contributed by atoms with Crippen LogP contribution in [0, 0.1) is 12.8 Å². The molecule has 3 heterocycles. The summed E-state index contributed by atoms with van der Waals surface area (Å²) in [7, 11) is 0. The van der Waals surface area contributed by atoms with Crippen LogP contribution in [0.25, 0.3) is 0 Å². The van der Waals surface area contributed by atoms with Crippen molar-refractivity contribution < 1.29 is 5.11 Å². The van der Waals surface area contributed by atoms with Gasteiger partial charge in [-0.25, -0.2) is 15.0 Å². The molecule has 1 fully saturated rings. The van der Waals surface area contributed by atoms with Crippen LogP contribution in [0.15, 0.2) is 30.6 Å². The van der Waals surface area contributed by atoms with Crippen molar-refractivity contribution in [1.82, 2.24) is 19.9 Å². The number of nitrogens with one attached hydrogen (secondary N) is 1. The van der Waals surface area contributed by atoms with Crippen molar-refractivity contribution in [2.24, 2.45) is 5.92 Å². The van der Waals surface area contributed by atoms with E-state index in [1.165, 1.54) is 0 Å². The monoisotopic (exact) mass is 341 g/mol. The molecule has 6 heteroatoms. The molecule has 3 rings (SSSR count). The standard InChI is InChI=1S/C19H27N5O/c1-14-4-3-5-18(22-14)23-19-11-17(20-13-21-19)10-16-6-8-24(9-7-16)15(2)12-25/h3-5,11,13,15-16,25H,6-10,12H2,1-2H3,(H,20,21,22,23). The lowest BCUT2D eigenvalue weighted by atomic mass is 9.91. The summed E-state index contributed by atoms with van der Waals surface area (Å²) < 4.78 is 0. The number of likely N-dealkylation sites (tertiary alicyclic amines) is 1. The zero-order valence-corrected chi connectivity index (χ0v) is 15.0. The van der Waals surface area contributed by atoms with E-state index in [0.29, 0.717) is 5.92 Å². The maximum absolute atomic E-state index is 9.29. The second-order valence-corrected chi connectivity index (χ2v) is 6.90. The van der Waals surface area contributed by atoms with Crippen molar-refractivity contribution in [2.75, 3.05) is 25.0 Å². The van der Waals surface area contributed by atoms with Gasteiger partial charge in [-0.05, 0) is 64.3 Å². The summed E-state index contributed by atoms with van der Waals surface area (Å²) >= 11 is 0. The number of aromatic nitrogens is 3. The number of aliphatic hydroxyl groups is 1. The molecule has 0 amide bonds. The van der Waals surface area contributed by atoms with Gasteiger partial charge in [-0.3, -0.25) is 4.90 Å². The number of hydrogen-bond donors (Lipinski definition) is 2. The fraction of sp³-hybridized carbons (Fsp3) is 0.526. The number of hydrogen-bond acceptors (Lipinski definition) is 6. The lowest BCUT2D eigenvalue weighted by molar-refractivity contribution is 0.0962. The molecular formula is C19H27N5O. The summed E-state index contributed by atoms with van der Waals surface area (Å²) in [5.74, 6) is 2.23. The van der Waals surface area contributed by atoms with E-state index in [1.807, 2.05) is 31.2 Å². The van der Waals surface area contributed by atoms with Crippen LogP contribution in [-0.2, 0) is 6.42 Å². The summed E-state index contributed by atoms with van der Waals surface area (Å²) in [5, 5.41) is 12.5. The predicted octanol–water partition coefficient (Wildman–Crippen LogP) is 2.56. The maximum atomic E-state index is 9.29. The third-order valence-corrected chi connectivity index (χ3v) is 4.90. The largest absolute Gasteiger partial charge is 0.395 e. The zero-order chi connectivity index (χ0) is 17.6. The van der Waals surface area contributed by atoms with Crippen molar-refractivity contribution in [1.29, 1.82) is 0 Å². The molecule has 1 saturated heterocycles. The van der Waals surface area contributed by atoms with Crippen molar-refractivity contribution in [3.8, 4) is 0 Å². The van der Waals surface area contributed by atoms with Gasteiger partial charge in [0.25, 0.3) is 0 Å². The Kier molecular flexibility index (Phi) is 5.94. The summed E-state index contributed by atoms with van der Waals surface area (Å²) in [6, 6.07) is 8.17. The molecule has 0 bridgehead atoms. The highest BCUT2D eigenvalue weighted by atomic mass is 16.3. The van der Waals surface area contributed by atoms with E-state index in [-0.39, 0.29) is 12.6 Å². The lowest BCUT2D eigenvalue weighted by Gasteiger charge is -2.35. The molecule has 1 aliphatic rings. The Hall–Kier alpha value is -2.05. The van der Waals surface area contributed by atoms with Crippen molar-refractivity contribution in [3.63, 3.8) is 0 Å². The van der Waals surface area contributed by atoms with Crippen LogP contribution in [0.2, 0.25) is 0 Å². The summed E-state index contributed by atoms with van der Waals surface area (Å²) in [6.45, 7) is 6.40. The van der Waals surface area contributed by atoms with Crippen LogP contribution < -0.4 is 5.32 Å². The zero-order valence-electron chi connectivity index (χ0n) is 15.0. The molecule has 2 aromatic rings. The molecule has 25 heavy (non-hydrogen) atoms. The Bertz CT molecular complexity index is 685. The highest BCUT2D eigenvalue weighted by Gasteiger charge is 2.22. The summed E-state index contributed by atoms with van der Waals surface area (Å²) in [4.78, 5) is 15.6. The number of aliphatic hydroxyl groups excluding tert-OH is 1. The first-order valence-electron chi connectivity index (χ1n) is 9.00. The van der Waals surface area contributed by atoms with Crippen LogP contribution in [0.1, 0.15) is 31.2 Å². The number of nitrogens with zero attached hydrogens (tertiary/aromatic N) is 4. The molecule has 0 aromatic carbocycles. The quantitative estimate of drug-likeness (QED) is 0.841. The topological polar surface area (TPSA) is 74.2 Å². The molecule has 0 spiro atoms. The summed E-state index contributed by atoms with van der Waals surface area (Å²) in [5.41, 5.74) is 2.04. The smallest absolute Gasteiger partial charge is 0.135 e. The van der Waals surface area contributed by atoms with Crippen LogP contribution in [0.4, 0.5) is 11.6 Å². The first-order chi connectivity index (χ1) is 12.1. The van der Waals surface area contributed by atoms with Gasteiger partial charge in [0.15, 0.2) is 0 Å². The van der Waals surface area contributed by atoms with Crippen molar-refractivity contribution >= 4 is 11.6 Å². The fourth-order valence-corrected chi connectivity index (χ4v) is 3.33. The normalized spacial score (nSPS) is 17.4. The van der Waals surface area contributed by atoms with Crippen LogP contribution in [0.3, 0.4) is 0 Å². The highest BCUT2D eigenvalue weighted by Crippen LogP contribution is 2.23. The number of piperidine rings is 1. The Labute approximate surface area is 149 Å². The van der Waals surface area contributed by atoms with E-state index in [0.717, 1.165) is 55.4 Å². The maximum Gasteiger partial charge on any atom is 0.135 e. The van der Waals surface area contributed by atoms with Gasteiger partial charge >= 0.3 is 0 Å². The van der Waals surface area contributed by atoms with Crippen LogP contribution in [0.5, 0.6) is 0 Å². The predicted molar refractivity (Wildman–Crippen MR) is 98.8 cm³/mol. The van der Waals surface area contributed by atoms with E-state index in [2.05, 4.69) is 32.1 Å². The Balaban J connectivity index is 1.57. The lowest BCUT2D eigenvalue weighted by Crippen LogP contribution is -2.42. The minimum atomic E-state index is 0.235. The molecule has 0 radical (unpaired) electrons. The molecule has 1 unspecified atom stereocenters. The number of pyridine rings is 1.